The lowest BCUT2D eigenvalue weighted by Crippen LogP contribution is -2.11. The predicted molar refractivity (Wildman–Crippen MR) is 86.0 cm³/mol. The van der Waals surface area contributed by atoms with Crippen molar-refractivity contribution in [2.24, 2.45) is 5.73 Å². The molecule has 0 aliphatic rings. The van der Waals surface area contributed by atoms with Gasteiger partial charge in [-0.25, -0.2) is 0 Å². The van der Waals surface area contributed by atoms with Crippen molar-refractivity contribution in [2.45, 2.75) is 32.7 Å². The number of ether oxygens (including phenoxy) is 2. The molecule has 1 atom stereocenters. The van der Waals surface area contributed by atoms with Crippen LogP contribution in [0.3, 0.4) is 0 Å². The smallest absolute Gasteiger partial charge is 0.128 e. The van der Waals surface area contributed by atoms with Gasteiger partial charge in [-0.15, -0.1) is 0 Å². The van der Waals surface area contributed by atoms with Gasteiger partial charge in [-0.1, -0.05) is 32.0 Å². The molecule has 21 heavy (non-hydrogen) atoms. The largest absolute Gasteiger partial charge is 0.493 e. The first-order valence-corrected chi connectivity index (χ1v) is 7.49. The Balaban J connectivity index is 2.23. The minimum atomic E-state index is -0.0452. The fourth-order valence-corrected chi connectivity index (χ4v) is 2.07. The Bertz CT molecular complexity index is 554. The van der Waals surface area contributed by atoms with Crippen LogP contribution in [-0.4, -0.2) is 6.61 Å². The van der Waals surface area contributed by atoms with E-state index in [2.05, 4.69) is 13.8 Å². The molecule has 2 aromatic rings. The van der Waals surface area contributed by atoms with Crippen LogP contribution in [0.5, 0.6) is 17.2 Å². The summed E-state index contributed by atoms with van der Waals surface area (Å²) in [7, 11) is 0. The summed E-state index contributed by atoms with van der Waals surface area (Å²) in [5, 5.41) is 0. The zero-order valence-corrected chi connectivity index (χ0v) is 12.7. The summed E-state index contributed by atoms with van der Waals surface area (Å²) in [6.07, 6.45) is 1.83. The van der Waals surface area contributed by atoms with Crippen molar-refractivity contribution in [3.05, 3.63) is 54.1 Å². The highest BCUT2D eigenvalue weighted by atomic mass is 16.5. The molecule has 0 aromatic heterocycles. The Morgan fingerprint density at radius 2 is 1.76 bits per heavy atom. The third-order valence-electron chi connectivity index (χ3n) is 3.26. The van der Waals surface area contributed by atoms with Crippen LogP contribution in [0.25, 0.3) is 0 Å². The first-order valence-electron chi connectivity index (χ1n) is 7.49. The Hall–Kier alpha value is -2.00. The molecule has 112 valence electrons. The molecular formula is C18H23NO2. The van der Waals surface area contributed by atoms with E-state index in [1.807, 2.05) is 48.5 Å². The fourth-order valence-electron chi connectivity index (χ4n) is 2.07. The van der Waals surface area contributed by atoms with Gasteiger partial charge in [-0.3, -0.25) is 0 Å². The molecule has 3 heteroatoms. The third-order valence-corrected chi connectivity index (χ3v) is 3.26. The topological polar surface area (TPSA) is 44.5 Å². The highest BCUT2D eigenvalue weighted by molar-refractivity contribution is 5.43. The average Bonchev–Trinajstić information content (AvgIpc) is 2.53. The van der Waals surface area contributed by atoms with E-state index in [1.165, 1.54) is 0 Å². The zero-order valence-electron chi connectivity index (χ0n) is 12.7. The van der Waals surface area contributed by atoms with E-state index >= 15 is 0 Å². The lowest BCUT2D eigenvalue weighted by molar-refractivity contribution is 0.311. The van der Waals surface area contributed by atoms with E-state index in [-0.39, 0.29) is 6.04 Å². The summed E-state index contributed by atoms with van der Waals surface area (Å²) < 4.78 is 11.6. The molecule has 3 nitrogen and oxygen atoms in total. The van der Waals surface area contributed by atoms with Crippen LogP contribution in [0.2, 0.25) is 0 Å². The highest BCUT2D eigenvalue weighted by Gasteiger charge is 2.12. The highest BCUT2D eigenvalue weighted by Crippen LogP contribution is 2.32. The maximum atomic E-state index is 6.19. The normalized spacial score (nSPS) is 12.0. The number of nitrogens with two attached hydrogens (primary N) is 1. The molecule has 0 bridgehead atoms. The third kappa shape index (κ3) is 4.23. The van der Waals surface area contributed by atoms with E-state index < -0.39 is 0 Å². The molecule has 1 unspecified atom stereocenters. The van der Waals surface area contributed by atoms with Crippen LogP contribution in [0.4, 0.5) is 0 Å². The Kier molecular flexibility index (Phi) is 5.64. The van der Waals surface area contributed by atoms with Gasteiger partial charge in [0.15, 0.2) is 0 Å². The molecule has 0 radical (unpaired) electrons. The molecule has 0 saturated carbocycles. The van der Waals surface area contributed by atoms with Gasteiger partial charge < -0.3 is 15.2 Å². The molecule has 0 saturated heterocycles. The van der Waals surface area contributed by atoms with Crippen LogP contribution < -0.4 is 15.2 Å². The molecule has 2 aromatic carbocycles. The SMILES string of the molecule is CCCOc1ccc(Oc2ccccc2)cc1C(N)CC. The standard InChI is InChI=1S/C18H23NO2/c1-3-12-20-18-11-10-15(13-16(18)17(19)4-2)21-14-8-6-5-7-9-14/h5-11,13,17H,3-4,12,19H2,1-2H3. The van der Waals surface area contributed by atoms with Crippen LogP contribution in [-0.2, 0) is 0 Å². The average molecular weight is 285 g/mol. The lowest BCUT2D eigenvalue weighted by Gasteiger charge is -2.17. The summed E-state index contributed by atoms with van der Waals surface area (Å²) >= 11 is 0. The van der Waals surface area contributed by atoms with E-state index in [1.54, 1.807) is 0 Å². The summed E-state index contributed by atoms with van der Waals surface area (Å²) in [4.78, 5) is 0. The van der Waals surface area contributed by atoms with Crippen molar-refractivity contribution in [1.82, 2.24) is 0 Å². The molecule has 0 aliphatic heterocycles. The first-order chi connectivity index (χ1) is 10.2. The van der Waals surface area contributed by atoms with E-state index in [9.17, 15) is 0 Å². The van der Waals surface area contributed by atoms with Crippen molar-refractivity contribution in [3.8, 4) is 17.2 Å². The minimum Gasteiger partial charge on any atom is -0.493 e. The quantitative estimate of drug-likeness (QED) is 0.803. The molecule has 0 amide bonds. The molecule has 0 aliphatic carbocycles. The molecule has 0 spiro atoms. The van der Waals surface area contributed by atoms with Crippen molar-refractivity contribution < 1.29 is 9.47 Å². The lowest BCUT2D eigenvalue weighted by atomic mass is 10.0. The van der Waals surface area contributed by atoms with Gasteiger partial charge in [-0.2, -0.15) is 0 Å². The number of hydrogen-bond donors (Lipinski definition) is 1. The zero-order chi connectivity index (χ0) is 15.1. The minimum absolute atomic E-state index is 0.0452. The van der Waals surface area contributed by atoms with Crippen LogP contribution in [0.1, 0.15) is 38.3 Å². The summed E-state index contributed by atoms with van der Waals surface area (Å²) in [6.45, 7) is 4.85. The fraction of sp³-hybridized carbons (Fsp3) is 0.333. The molecule has 2 rings (SSSR count). The van der Waals surface area contributed by atoms with Gasteiger partial charge in [0.2, 0.25) is 0 Å². The second-order valence-corrected chi connectivity index (χ2v) is 4.98. The summed E-state index contributed by atoms with van der Waals surface area (Å²) in [5.41, 5.74) is 7.19. The van der Waals surface area contributed by atoms with Gasteiger partial charge in [-0.05, 0) is 43.2 Å². The molecule has 0 fully saturated rings. The molecular weight excluding hydrogens is 262 g/mol. The van der Waals surface area contributed by atoms with Gasteiger partial charge in [0, 0.05) is 11.6 Å². The van der Waals surface area contributed by atoms with Gasteiger partial charge in [0.1, 0.15) is 17.2 Å². The van der Waals surface area contributed by atoms with E-state index in [0.29, 0.717) is 6.61 Å². The van der Waals surface area contributed by atoms with Gasteiger partial charge in [0.05, 0.1) is 6.61 Å². The molecule has 0 heterocycles. The van der Waals surface area contributed by atoms with E-state index in [0.717, 1.165) is 35.7 Å². The van der Waals surface area contributed by atoms with Crippen LogP contribution in [0, 0.1) is 0 Å². The predicted octanol–water partition coefficient (Wildman–Crippen LogP) is 4.68. The Morgan fingerprint density at radius 1 is 1.00 bits per heavy atom. The maximum Gasteiger partial charge on any atom is 0.128 e. The number of para-hydroxylation sites is 1. The van der Waals surface area contributed by atoms with Crippen molar-refractivity contribution in [3.63, 3.8) is 0 Å². The van der Waals surface area contributed by atoms with Crippen LogP contribution >= 0.6 is 0 Å². The van der Waals surface area contributed by atoms with Gasteiger partial charge in [0.25, 0.3) is 0 Å². The van der Waals surface area contributed by atoms with Crippen molar-refractivity contribution in [2.75, 3.05) is 6.61 Å². The Morgan fingerprint density at radius 3 is 2.43 bits per heavy atom. The number of benzene rings is 2. The number of rotatable bonds is 7. The van der Waals surface area contributed by atoms with Gasteiger partial charge >= 0.3 is 0 Å². The monoisotopic (exact) mass is 285 g/mol. The number of hydrogen-bond acceptors (Lipinski definition) is 3. The Labute approximate surface area is 126 Å². The summed E-state index contributed by atoms with van der Waals surface area (Å²) in [6, 6.07) is 15.5. The van der Waals surface area contributed by atoms with E-state index in [4.69, 9.17) is 15.2 Å². The second-order valence-electron chi connectivity index (χ2n) is 4.98. The second kappa shape index (κ2) is 7.70. The van der Waals surface area contributed by atoms with Crippen molar-refractivity contribution in [1.29, 1.82) is 0 Å². The maximum absolute atomic E-state index is 6.19. The van der Waals surface area contributed by atoms with Crippen molar-refractivity contribution >= 4 is 0 Å². The van der Waals surface area contributed by atoms with Crippen LogP contribution in [0.15, 0.2) is 48.5 Å². The summed E-state index contributed by atoms with van der Waals surface area (Å²) in [5.74, 6) is 2.45. The molecule has 2 N–H and O–H groups in total. The first kappa shape index (κ1) is 15.4.